The van der Waals surface area contributed by atoms with Crippen molar-refractivity contribution >= 4 is 40.3 Å². The third-order valence-corrected chi connectivity index (χ3v) is 7.96. The molecule has 1 aliphatic heterocycles. The zero-order valence-corrected chi connectivity index (χ0v) is 24.1. The van der Waals surface area contributed by atoms with Gasteiger partial charge in [-0.25, -0.2) is 4.79 Å². The zero-order chi connectivity index (χ0) is 28.3. The van der Waals surface area contributed by atoms with Crippen molar-refractivity contribution in [3.8, 4) is 0 Å². The van der Waals surface area contributed by atoms with Gasteiger partial charge in [-0.1, -0.05) is 48.5 Å². The number of nitrogens with zero attached hydrogens (tertiary/aromatic N) is 3. The van der Waals surface area contributed by atoms with E-state index < -0.39 is 12.0 Å². The minimum Gasteiger partial charge on any atom is -0.467 e. The molecule has 0 radical (unpaired) electrons. The Kier molecular flexibility index (Phi) is 10.9. The highest BCUT2D eigenvalue weighted by Gasteiger charge is 2.31. The molecular weight excluding hydrogens is 524 g/mol. The van der Waals surface area contributed by atoms with Crippen LogP contribution in [0.4, 0.5) is 0 Å². The number of aromatic nitrogens is 1. The summed E-state index contributed by atoms with van der Waals surface area (Å²) < 4.78 is 4.93. The number of ether oxygens (including phenoxy) is 1. The van der Waals surface area contributed by atoms with Crippen LogP contribution in [0.5, 0.6) is 0 Å². The van der Waals surface area contributed by atoms with E-state index in [1.165, 1.54) is 7.11 Å². The Hall–Kier alpha value is -3.43. The molecule has 212 valence electrons. The van der Waals surface area contributed by atoms with Crippen molar-refractivity contribution in [2.75, 3.05) is 38.8 Å². The minimum atomic E-state index is -0.687. The first-order chi connectivity index (χ1) is 19.5. The highest BCUT2D eigenvalue weighted by Crippen LogP contribution is 2.23. The van der Waals surface area contributed by atoms with E-state index in [1.54, 1.807) is 24.2 Å². The van der Waals surface area contributed by atoms with E-state index in [2.05, 4.69) is 39.5 Å². The SMILES string of the molecule is COC(=O)[C@H](CCSC)NC(=O)CN(Cc1cccc2ccccc12)C[C@@H]1CCCN1C(=O)Cc1cccnc1. The molecule has 1 N–H and O–H groups in total. The maximum Gasteiger partial charge on any atom is 0.328 e. The summed E-state index contributed by atoms with van der Waals surface area (Å²) in [5.74, 6) is 0.136. The largest absolute Gasteiger partial charge is 0.467 e. The third-order valence-electron chi connectivity index (χ3n) is 7.32. The van der Waals surface area contributed by atoms with Crippen LogP contribution in [-0.2, 0) is 32.1 Å². The van der Waals surface area contributed by atoms with Gasteiger partial charge in [0.2, 0.25) is 11.8 Å². The summed E-state index contributed by atoms with van der Waals surface area (Å²) in [6.45, 7) is 1.92. The number of benzene rings is 2. The van der Waals surface area contributed by atoms with Gasteiger partial charge in [-0.05, 0) is 59.2 Å². The Morgan fingerprint density at radius 2 is 1.98 bits per heavy atom. The fraction of sp³-hybridized carbons (Fsp3) is 0.419. The second-order valence-corrected chi connectivity index (χ2v) is 11.1. The molecule has 9 heteroatoms. The molecule has 2 aromatic carbocycles. The number of pyridine rings is 1. The zero-order valence-electron chi connectivity index (χ0n) is 23.3. The van der Waals surface area contributed by atoms with Crippen LogP contribution in [0.15, 0.2) is 67.0 Å². The molecule has 0 saturated carbocycles. The third kappa shape index (κ3) is 8.05. The van der Waals surface area contributed by atoms with Gasteiger partial charge in [-0.2, -0.15) is 11.8 Å². The van der Waals surface area contributed by atoms with Crippen LogP contribution in [-0.4, -0.2) is 83.4 Å². The monoisotopic (exact) mass is 562 g/mol. The van der Waals surface area contributed by atoms with E-state index in [0.717, 1.165) is 40.5 Å². The Morgan fingerprint density at radius 3 is 2.75 bits per heavy atom. The van der Waals surface area contributed by atoms with Crippen molar-refractivity contribution in [1.82, 2.24) is 20.1 Å². The molecule has 2 amide bonds. The molecule has 1 aliphatic rings. The van der Waals surface area contributed by atoms with Crippen LogP contribution < -0.4 is 5.32 Å². The molecule has 1 saturated heterocycles. The van der Waals surface area contributed by atoms with Gasteiger partial charge in [-0.15, -0.1) is 0 Å². The van der Waals surface area contributed by atoms with Crippen LogP contribution in [0.1, 0.15) is 30.4 Å². The first-order valence-electron chi connectivity index (χ1n) is 13.7. The second-order valence-electron chi connectivity index (χ2n) is 10.2. The van der Waals surface area contributed by atoms with Crippen molar-refractivity contribution in [2.45, 2.75) is 44.3 Å². The van der Waals surface area contributed by atoms with E-state index in [4.69, 9.17) is 4.74 Å². The summed E-state index contributed by atoms with van der Waals surface area (Å²) in [5.41, 5.74) is 2.01. The van der Waals surface area contributed by atoms with E-state index in [1.807, 2.05) is 41.5 Å². The number of carbonyl (C=O) groups is 3. The van der Waals surface area contributed by atoms with Gasteiger partial charge >= 0.3 is 5.97 Å². The molecule has 0 spiro atoms. The van der Waals surface area contributed by atoms with Crippen molar-refractivity contribution < 1.29 is 19.1 Å². The van der Waals surface area contributed by atoms with E-state index in [0.29, 0.717) is 32.5 Å². The molecule has 0 unspecified atom stereocenters. The second kappa shape index (κ2) is 14.8. The van der Waals surface area contributed by atoms with Crippen LogP contribution in [0.25, 0.3) is 10.8 Å². The molecule has 0 aliphatic carbocycles. The van der Waals surface area contributed by atoms with Gasteiger partial charge in [0.25, 0.3) is 0 Å². The Labute approximate surface area is 240 Å². The lowest BCUT2D eigenvalue weighted by Crippen LogP contribution is -2.49. The number of fused-ring (bicyclic) bond motifs is 1. The van der Waals surface area contributed by atoms with Crippen LogP contribution in [0.2, 0.25) is 0 Å². The first-order valence-corrected chi connectivity index (χ1v) is 15.1. The van der Waals surface area contributed by atoms with E-state index in [9.17, 15) is 14.4 Å². The molecule has 0 bridgehead atoms. The molecule has 1 fully saturated rings. The summed E-state index contributed by atoms with van der Waals surface area (Å²) in [6.07, 6.45) is 8.02. The number of rotatable bonds is 13. The van der Waals surface area contributed by atoms with Crippen LogP contribution >= 0.6 is 11.8 Å². The van der Waals surface area contributed by atoms with Gasteiger partial charge in [0.15, 0.2) is 0 Å². The summed E-state index contributed by atoms with van der Waals surface area (Å²) in [6, 6.07) is 17.5. The van der Waals surface area contributed by atoms with E-state index in [-0.39, 0.29) is 24.4 Å². The smallest absolute Gasteiger partial charge is 0.328 e. The number of carbonyl (C=O) groups excluding carboxylic acids is 3. The highest BCUT2D eigenvalue weighted by molar-refractivity contribution is 7.98. The molecule has 2 heterocycles. The van der Waals surface area contributed by atoms with Gasteiger partial charge in [0.05, 0.1) is 20.1 Å². The molecule has 3 aromatic rings. The Balaban J connectivity index is 1.52. The number of likely N-dealkylation sites (tertiary alicyclic amines) is 1. The quantitative estimate of drug-likeness (QED) is 0.318. The maximum absolute atomic E-state index is 13.3. The lowest BCUT2D eigenvalue weighted by Gasteiger charge is -2.31. The lowest BCUT2D eigenvalue weighted by atomic mass is 10.0. The topological polar surface area (TPSA) is 91.8 Å². The van der Waals surface area contributed by atoms with Crippen molar-refractivity contribution in [3.63, 3.8) is 0 Å². The van der Waals surface area contributed by atoms with Gasteiger partial charge in [-0.3, -0.25) is 19.5 Å². The fourth-order valence-electron chi connectivity index (χ4n) is 5.36. The van der Waals surface area contributed by atoms with E-state index >= 15 is 0 Å². The molecule has 40 heavy (non-hydrogen) atoms. The van der Waals surface area contributed by atoms with Gasteiger partial charge in [0.1, 0.15) is 6.04 Å². The molecular formula is C31H38N4O4S. The number of thioether (sulfide) groups is 1. The first kappa shape index (κ1) is 29.6. The predicted molar refractivity (Wildman–Crippen MR) is 159 cm³/mol. The number of amides is 2. The summed E-state index contributed by atoms with van der Waals surface area (Å²) in [4.78, 5) is 47.0. The number of hydrogen-bond acceptors (Lipinski definition) is 7. The lowest BCUT2D eigenvalue weighted by molar-refractivity contribution is -0.145. The standard InChI is InChI=1S/C31H38N4O4S/c1-39-31(38)28(14-17-40-2)33-29(36)22-34(20-25-11-5-10-24-9-3-4-13-27(24)25)21-26-12-7-16-35(26)30(37)18-23-8-6-15-32-19-23/h3-6,8-11,13,15,19,26,28H,7,12,14,16-18,20-22H2,1-2H3,(H,33,36)/t26-,28-/m0/s1. The molecule has 2 atom stereocenters. The summed E-state index contributed by atoms with van der Waals surface area (Å²) in [7, 11) is 1.34. The normalized spacial score (nSPS) is 15.8. The van der Waals surface area contributed by atoms with Crippen LogP contribution in [0.3, 0.4) is 0 Å². The summed E-state index contributed by atoms with van der Waals surface area (Å²) >= 11 is 1.62. The predicted octanol–water partition coefficient (Wildman–Crippen LogP) is 3.68. The minimum absolute atomic E-state index is 0.000145. The van der Waals surface area contributed by atoms with Crippen molar-refractivity contribution in [1.29, 1.82) is 0 Å². The van der Waals surface area contributed by atoms with Crippen LogP contribution in [0, 0.1) is 0 Å². The van der Waals surface area contributed by atoms with Crippen molar-refractivity contribution in [3.05, 3.63) is 78.1 Å². The number of hydrogen-bond donors (Lipinski definition) is 1. The Morgan fingerprint density at radius 1 is 1.15 bits per heavy atom. The number of nitrogens with one attached hydrogen (secondary N) is 1. The van der Waals surface area contributed by atoms with Gasteiger partial charge in [0, 0.05) is 38.1 Å². The van der Waals surface area contributed by atoms with Gasteiger partial charge < -0.3 is 15.0 Å². The van der Waals surface area contributed by atoms with Crippen molar-refractivity contribution in [2.24, 2.45) is 0 Å². The fourth-order valence-corrected chi connectivity index (χ4v) is 5.83. The molecule has 4 rings (SSSR count). The maximum atomic E-state index is 13.3. The number of methoxy groups -OCH3 is 1. The summed E-state index contributed by atoms with van der Waals surface area (Å²) in [5, 5.41) is 5.17. The Bertz CT molecular complexity index is 1280. The molecule has 8 nitrogen and oxygen atoms in total. The average molecular weight is 563 g/mol. The molecule has 1 aromatic heterocycles. The number of esters is 1. The highest BCUT2D eigenvalue weighted by atomic mass is 32.2. The average Bonchev–Trinajstić information content (AvgIpc) is 3.43.